The lowest BCUT2D eigenvalue weighted by molar-refractivity contribution is -0.00146. The molecule has 0 amide bonds. The first-order valence-electron chi connectivity index (χ1n) is 8.05. The first kappa shape index (κ1) is 14.9. The van der Waals surface area contributed by atoms with Gasteiger partial charge in [-0.2, -0.15) is 0 Å². The van der Waals surface area contributed by atoms with Gasteiger partial charge in [0.05, 0.1) is 6.20 Å². The predicted molar refractivity (Wildman–Crippen MR) is 82.4 cm³/mol. The summed E-state index contributed by atoms with van der Waals surface area (Å²) in [7, 11) is 0. The number of pyridine rings is 1. The van der Waals surface area contributed by atoms with Gasteiger partial charge >= 0.3 is 0 Å². The summed E-state index contributed by atoms with van der Waals surface area (Å²) in [4.78, 5) is 6.55. The van der Waals surface area contributed by atoms with Crippen LogP contribution in [-0.2, 0) is 6.54 Å². The van der Waals surface area contributed by atoms with E-state index in [1.165, 1.54) is 19.0 Å². The van der Waals surface area contributed by atoms with Crippen molar-refractivity contribution < 1.29 is 4.39 Å². The largest absolute Gasteiger partial charge is 0.308 e. The molecule has 1 aromatic heterocycles. The monoisotopic (exact) mass is 291 g/mol. The van der Waals surface area contributed by atoms with Crippen LogP contribution in [0.4, 0.5) is 4.39 Å². The second-order valence-corrected chi connectivity index (χ2v) is 7.27. The van der Waals surface area contributed by atoms with E-state index < -0.39 is 0 Å². The van der Waals surface area contributed by atoms with E-state index in [-0.39, 0.29) is 16.9 Å². The molecule has 1 saturated carbocycles. The fraction of sp³-hybridized carbons (Fsp3) is 0.706. The summed E-state index contributed by atoms with van der Waals surface area (Å²) in [5.41, 5.74) is 1.30. The molecule has 2 fully saturated rings. The molecule has 3 rings (SSSR count). The molecule has 0 radical (unpaired) electrons. The van der Waals surface area contributed by atoms with Crippen LogP contribution in [0, 0.1) is 11.7 Å². The van der Waals surface area contributed by atoms with Crippen LogP contribution >= 0.6 is 0 Å². The number of rotatable bonds is 4. The minimum Gasteiger partial charge on any atom is -0.308 e. The lowest BCUT2D eigenvalue weighted by Gasteiger charge is -2.52. The van der Waals surface area contributed by atoms with Crippen LogP contribution in [0.1, 0.15) is 45.6 Å². The molecule has 1 aliphatic carbocycles. The molecule has 1 aliphatic heterocycles. The van der Waals surface area contributed by atoms with E-state index in [9.17, 15) is 4.39 Å². The third kappa shape index (κ3) is 2.97. The van der Waals surface area contributed by atoms with Gasteiger partial charge in [-0.3, -0.25) is 9.88 Å². The van der Waals surface area contributed by atoms with Gasteiger partial charge in [0.25, 0.3) is 0 Å². The Morgan fingerprint density at radius 1 is 1.38 bits per heavy atom. The second kappa shape index (κ2) is 5.33. The average molecular weight is 291 g/mol. The van der Waals surface area contributed by atoms with Crippen LogP contribution in [0.15, 0.2) is 18.5 Å². The second-order valence-electron chi connectivity index (χ2n) is 7.27. The zero-order valence-electron chi connectivity index (χ0n) is 13.3. The molecule has 21 heavy (non-hydrogen) atoms. The molecule has 1 aromatic rings. The van der Waals surface area contributed by atoms with Gasteiger partial charge in [-0.15, -0.1) is 0 Å². The van der Waals surface area contributed by atoms with Crippen molar-refractivity contribution in [2.75, 3.05) is 13.1 Å². The van der Waals surface area contributed by atoms with E-state index in [1.54, 1.807) is 12.3 Å². The number of nitrogens with zero attached hydrogens (tertiary/aromatic N) is 2. The van der Waals surface area contributed by atoms with E-state index in [0.717, 1.165) is 37.5 Å². The SMILES string of the molecule is CCC1(C)CN(Cc2cncc(F)c2)C(C)(C2CC2)CN1. The number of aromatic nitrogens is 1. The molecule has 0 aromatic carbocycles. The van der Waals surface area contributed by atoms with Crippen LogP contribution in [0.3, 0.4) is 0 Å². The predicted octanol–water partition coefficient (Wildman–Crippen LogP) is 2.96. The summed E-state index contributed by atoms with van der Waals surface area (Å²) in [5.74, 6) is 0.530. The molecule has 2 aliphatic rings. The molecule has 0 bridgehead atoms. The smallest absolute Gasteiger partial charge is 0.141 e. The van der Waals surface area contributed by atoms with Crippen LogP contribution in [-0.4, -0.2) is 34.1 Å². The topological polar surface area (TPSA) is 28.2 Å². The summed E-state index contributed by atoms with van der Waals surface area (Å²) in [6, 6.07) is 1.62. The highest BCUT2D eigenvalue weighted by Gasteiger charge is 2.50. The zero-order valence-corrected chi connectivity index (χ0v) is 13.3. The number of hydrogen-bond acceptors (Lipinski definition) is 3. The Morgan fingerprint density at radius 2 is 2.14 bits per heavy atom. The number of halogens is 1. The summed E-state index contributed by atoms with van der Waals surface area (Å²) < 4.78 is 13.4. The van der Waals surface area contributed by atoms with Crippen LogP contribution in [0.25, 0.3) is 0 Å². The maximum atomic E-state index is 13.4. The third-order valence-electron chi connectivity index (χ3n) is 5.51. The van der Waals surface area contributed by atoms with Gasteiger partial charge in [-0.05, 0) is 50.7 Å². The summed E-state index contributed by atoms with van der Waals surface area (Å²) in [6.45, 7) is 9.69. The quantitative estimate of drug-likeness (QED) is 0.924. The number of hydrogen-bond donors (Lipinski definition) is 1. The normalized spacial score (nSPS) is 34.1. The first-order chi connectivity index (χ1) is 9.95. The van der Waals surface area contributed by atoms with Gasteiger partial charge in [0, 0.05) is 36.9 Å². The molecule has 116 valence electrons. The van der Waals surface area contributed by atoms with E-state index >= 15 is 0 Å². The highest BCUT2D eigenvalue weighted by Crippen LogP contribution is 2.45. The van der Waals surface area contributed by atoms with Crippen molar-refractivity contribution in [3.05, 3.63) is 29.8 Å². The summed E-state index contributed by atoms with van der Waals surface area (Å²) >= 11 is 0. The molecule has 0 spiro atoms. The van der Waals surface area contributed by atoms with Gasteiger partial charge in [0.1, 0.15) is 5.82 Å². The molecule has 4 heteroatoms. The minimum absolute atomic E-state index is 0.148. The molecule has 2 heterocycles. The zero-order chi connectivity index (χ0) is 15.1. The molecule has 2 atom stereocenters. The third-order valence-corrected chi connectivity index (χ3v) is 5.51. The van der Waals surface area contributed by atoms with Crippen LogP contribution < -0.4 is 5.32 Å². The molecule has 2 unspecified atom stereocenters. The van der Waals surface area contributed by atoms with Crippen molar-refractivity contribution in [3.63, 3.8) is 0 Å². The van der Waals surface area contributed by atoms with Gasteiger partial charge in [-0.25, -0.2) is 4.39 Å². The Kier molecular flexibility index (Phi) is 3.78. The Bertz CT molecular complexity index is 517. The molecular formula is C17H26FN3. The van der Waals surface area contributed by atoms with Crippen LogP contribution in [0.5, 0.6) is 0 Å². The standard InChI is InChI=1S/C17H26FN3/c1-4-16(2)12-21(10-13-7-15(18)9-19-8-13)17(3,11-20-16)14-5-6-14/h7-9,14,20H,4-6,10-12H2,1-3H3. The van der Waals surface area contributed by atoms with Gasteiger partial charge in [-0.1, -0.05) is 6.92 Å². The molecule has 3 nitrogen and oxygen atoms in total. The van der Waals surface area contributed by atoms with Crippen molar-refractivity contribution in [3.8, 4) is 0 Å². The van der Waals surface area contributed by atoms with Crippen LogP contribution in [0.2, 0.25) is 0 Å². The number of nitrogens with one attached hydrogen (secondary N) is 1. The Labute approximate surface area is 126 Å². The van der Waals surface area contributed by atoms with E-state index in [4.69, 9.17) is 0 Å². The Hall–Kier alpha value is -1.00. The average Bonchev–Trinajstić information content (AvgIpc) is 3.28. The van der Waals surface area contributed by atoms with Gasteiger partial charge in [0.2, 0.25) is 0 Å². The first-order valence-corrected chi connectivity index (χ1v) is 8.05. The van der Waals surface area contributed by atoms with E-state index in [0.29, 0.717) is 0 Å². The van der Waals surface area contributed by atoms with E-state index in [1.807, 2.05) is 0 Å². The molecular weight excluding hydrogens is 265 g/mol. The van der Waals surface area contributed by atoms with Gasteiger partial charge < -0.3 is 5.32 Å². The lowest BCUT2D eigenvalue weighted by Crippen LogP contribution is -2.68. The van der Waals surface area contributed by atoms with Crippen molar-refractivity contribution in [1.29, 1.82) is 0 Å². The highest BCUT2D eigenvalue weighted by atomic mass is 19.1. The molecule has 1 N–H and O–H groups in total. The van der Waals surface area contributed by atoms with Gasteiger partial charge in [0.15, 0.2) is 0 Å². The fourth-order valence-electron chi connectivity index (χ4n) is 3.51. The molecule has 1 saturated heterocycles. The van der Waals surface area contributed by atoms with Crippen molar-refractivity contribution in [1.82, 2.24) is 15.2 Å². The maximum Gasteiger partial charge on any atom is 0.141 e. The van der Waals surface area contributed by atoms with E-state index in [2.05, 4.69) is 36.0 Å². The highest BCUT2D eigenvalue weighted by molar-refractivity contribution is 5.14. The Morgan fingerprint density at radius 3 is 2.76 bits per heavy atom. The maximum absolute atomic E-state index is 13.4. The van der Waals surface area contributed by atoms with Crippen molar-refractivity contribution in [2.24, 2.45) is 5.92 Å². The minimum atomic E-state index is -0.242. The number of piperazine rings is 1. The Balaban J connectivity index is 1.83. The lowest BCUT2D eigenvalue weighted by atomic mass is 9.84. The fourth-order valence-corrected chi connectivity index (χ4v) is 3.51. The summed E-state index contributed by atoms with van der Waals surface area (Å²) in [5, 5.41) is 3.75. The van der Waals surface area contributed by atoms with Crippen molar-refractivity contribution >= 4 is 0 Å². The summed E-state index contributed by atoms with van der Waals surface area (Å²) in [6.07, 6.45) is 6.81. The van der Waals surface area contributed by atoms with Crippen molar-refractivity contribution in [2.45, 2.75) is 57.7 Å².